The molecule has 2 radical (unpaired) electrons. The van der Waals surface area contributed by atoms with Crippen LogP contribution in [-0.4, -0.2) is 41.2 Å². The van der Waals surface area contributed by atoms with E-state index in [2.05, 4.69) is 25.5 Å². The Morgan fingerprint density at radius 2 is 1.81 bits per heavy atom. The van der Waals surface area contributed by atoms with Gasteiger partial charge in [-0.05, 0) is 46.8 Å². The minimum absolute atomic E-state index is 0.0743. The lowest BCUT2D eigenvalue weighted by molar-refractivity contribution is 0.561. The number of sulfone groups is 1. The molecule has 2 aromatic heterocycles. The molecule has 3 aromatic rings. The Labute approximate surface area is 154 Å². The average molecular weight is 369 g/mol. The zero-order valence-corrected chi connectivity index (χ0v) is 16.2. The zero-order valence-electron chi connectivity index (χ0n) is 15.4. The quantitative estimate of drug-likeness (QED) is 0.686. The van der Waals surface area contributed by atoms with Crippen LogP contribution in [0.25, 0.3) is 10.9 Å². The van der Waals surface area contributed by atoms with Crippen LogP contribution in [0, 0.1) is 13.8 Å². The second-order valence-electron chi connectivity index (χ2n) is 7.19. The molecule has 0 atom stereocenters. The fourth-order valence-electron chi connectivity index (χ4n) is 2.48. The van der Waals surface area contributed by atoms with Crippen LogP contribution in [0.15, 0.2) is 23.4 Å². The Balaban J connectivity index is 2.21. The SMILES string of the molecule is [B]c1cc2ncnc(Nc3n[nH]c(C)c3C)c2cc1S(=O)(=O)C(C)(C)C. The van der Waals surface area contributed by atoms with Gasteiger partial charge in [-0.15, -0.1) is 0 Å². The van der Waals surface area contributed by atoms with Crippen LogP contribution in [0.3, 0.4) is 0 Å². The summed E-state index contributed by atoms with van der Waals surface area (Å²) < 4.78 is 24.8. The molecule has 134 valence electrons. The van der Waals surface area contributed by atoms with Crippen molar-refractivity contribution >= 4 is 45.7 Å². The van der Waals surface area contributed by atoms with Crippen LogP contribution in [0.4, 0.5) is 11.6 Å². The predicted octanol–water partition coefficient (Wildman–Crippen LogP) is 2.08. The van der Waals surface area contributed by atoms with Gasteiger partial charge in [0.2, 0.25) is 0 Å². The normalized spacial score (nSPS) is 12.5. The van der Waals surface area contributed by atoms with E-state index >= 15 is 0 Å². The summed E-state index contributed by atoms with van der Waals surface area (Å²) in [6.45, 7) is 8.77. The molecular weight excluding hydrogens is 349 g/mol. The summed E-state index contributed by atoms with van der Waals surface area (Å²) in [6, 6.07) is 3.09. The molecule has 0 amide bonds. The lowest BCUT2D eigenvalue weighted by Crippen LogP contribution is -2.32. The third-order valence-electron chi connectivity index (χ3n) is 4.35. The monoisotopic (exact) mass is 369 g/mol. The van der Waals surface area contributed by atoms with Gasteiger partial charge < -0.3 is 5.32 Å². The number of nitrogens with one attached hydrogen (secondary N) is 2. The number of H-pyrrole nitrogens is 1. The highest BCUT2D eigenvalue weighted by Crippen LogP contribution is 2.29. The van der Waals surface area contributed by atoms with E-state index < -0.39 is 14.6 Å². The van der Waals surface area contributed by atoms with Gasteiger partial charge >= 0.3 is 0 Å². The molecule has 7 nitrogen and oxygen atoms in total. The first-order chi connectivity index (χ1) is 12.0. The summed E-state index contributed by atoms with van der Waals surface area (Å²) >= 11 is 0. The van der Waals surface area contributed by atoms with E-state index in [1.165, 1.54) is 12.4 Å². The van der Waals surface area contributed by atoms with Crippen LogP contribution in [-0.2, 0) is 9.84 Å². The molecule has 0 unspecified atom stereocenters. The fourth-order valence-corrected chi connectivity index (χ4v) is 3.78. The molecule has 0 saturated heterocycles. The third-order valence-corrected chi connectivity index (χ3v) is 6.90. The Hall–Kier alpha value is -2.42. The topological polar surface area (TPSA) is 101 Å². The Morgan fingerprint density at radius 1 is 1.12 bits per heavy atom. The number of aryl methyl sites for hydroxylation is 1. The number of benzene rings is 1. The number of anilines is 2. The van der Waals surface area contributed by atoms with Gasteiger partial charge in [-0.3, -0.25) is 5.10 Å². The van der Waals surface area contributed by atoms with Crippen LogP contribution in [0.2, 0.25) is 0 Å². The number of hydrogen-bond acceptors (Lipinski definition) is 6. The lowest BCUT2D eigenvalue weighted by atomic mass is 9.95. The summed E-state index contributed by atoms with van der Waals surface area (Å²) in [7, 11) is 2.40. The molecule has 0 spiro atoms. The molecule has 9 heteroatoms. The number of rotatable bonds is 3. The number of aromatic amines is 1. The maximum absolute atomic E-state index is 12.9. The van der Waals surface area contributed by atoms with Crippen molar-refractivity contribution in [3.63, 3.8) is 0 Å². The van der Waals surface area contributed by atoms with Crippen LogP contribution in [0.5, 0.6) is 0 Å². The molecule has 2 heterocycles. The molecule has 0 aliphatic carbocycles. The average Bonchev–Trinajstić information content (AvgIpc) is 2.85. The number of aromatic nitrogens is 4. The smallest absolute Gasteiger partial charge is 0.182 e. The van der Waals surface area contributed by atoms with Gasteiger partial charge in [-0.1, -0.05) is 5.46 Å². The molecular formula is C17H20BN5O2S. The van der Waals surface area contributed by atoms with E-state index in [1.807, 2.05) is 13.8 Å². The third kappa shape index (κ3) is 2.96. The molecule has 0 saturated carbocycles. The second-order valence-corrected chi connectivity index (χ2v) is 9.86. The van der Waals surface area contributed by atoms with Crippen molar-refractivity contribution in [3.05, 3.63) is 29.7 Å². The van der Waals surface area contributed by atoms with Gasteiger partial charge in [0.1, 0.15) is 20.0 Å². The van der Waals surface area contributed by atoms with Crippen molar-refractivity contribution in [1.29, 1.82) is 0 Å². The summed E-state index contributed by atoms with van der Waals surface area (Å²) in [5.74, 6) is 1.09. The first kappa shape index (κ1) is 18.4. The molecule has 3 rings (SSSR count). The van der Waals surface area contributed by atoms with E-state index in [0.29, 0.717) is 22.5 Å². The maximum Gasteiger partial charge on any atom is 0.182 e. The zero-order chi connectivity index (χ0) is 19.3. The maximum atomic E-state index is 12.9. The van der Waals surface area contributed by atoms with Crippen LogP contribution in [0.1, 0.15) is 32.0 Å². The lowest BCUT2D eigenvalue weighted by Gasteiger charge is -2.21. The minimum atomic E-state index is -3.62. The fraction of sp³-hybridized carbons (Fsp3) is 0.353. The predicted molar refractivity (Wildman–Crippen MR) is 103 cm³/mol. The van der Waals surface area contributed by atoms with Gasteiger partial charge in [-0.25, -0.2) is 18.4 Å². The van der Waals surface area contributed by atoms with E-state index in [1.54, 1.807) is 26.8 Å². The highest BCUT2D eigenvalue weighted by Gasteiger charge is 2.32. The van der Waals surface area contributed by atoms with Crippen molar-refractivity contribution in [2.45, 2.75) is 44.3 Å². The number of fused-ring (bicyclic) bond motifs is 1. The van der Waals surface area contributed by atoms with Crippen molar-refractivity contribution in [3.8, 4) is 0 Å². The van der Waals surface area contributed by atoms with E-state index in [9.17, 15) is 8.42 Å². The molecule has 1 aromatic carbocycles. The van der Waals surface area contributed by atoms with E-state index in [4.69, 9.17) is 7.85 Å². The van der Waals surface area contributed by atoms with Crippen molar-refractivity contribution in [1.82, 2.24) is 20.2 Å². The minimum Gasteiger partial charge on any atom is -0.323 e. The Bertz CT molecular complexity index is 1100. The molecule has 2 N–H and O–H groups in total. The summed E-state index contributed by atoms with van der Waals surface area (Å²) in [5.41, 5.74) is 2.61. The van der Waals surface area contributed by atoms with Gasteiger partial charge in [0.15, 0.2) is 15.7 Å². The standard InChI is InChI=1S/C17H20BN5O2S/c1-9-10(2)22-23-15(9)21-16-11-6-14(26(24,25)17(3,4)5)12(18)7-13(11)19-8-20-16/h6-8H,1-5H3,(H2,19,20,21,22,23). The van der Waals surface area contributed by atoms with Crippen LogP contribution < -0.4 is 10.8 Å². The molecule has 0 aliphatic rings. The van der Waals surface area contributed by atoms with Crippen molar-refractivity contribution in [2.75, 3.05) is 5.32 Å². The molecule has 0 bridgehead atoms. The first-order valence-electron chi connectivity index (χ1n) is 8.10. The highest BCUT2D eigenvalue weighted by atomic mass is 32.2. The van der Waals surface area contributed by atoms with Crippen molar-refractivity contribution in [2.24, 2.45) is 0 Å². The number of nitrogens with zero attached hydrogens (tertiary/aromatic N) is 3. The summed E-state index contributed by atoms with van der Waals surface area (Å²) in [4.78, 5) is 8.53. The number of hydrogen-bond donors (Lipinski definition) is 2. The largest absolute Gasteiger partial charge is 0.323 e. The van der Waals surface area contributed by atoms with Crippen LogP contribution >= 0.6 is 0 Å². The Kier molecular flexibility index (Phi) is 4.30. The summed E-state index contributed by atoms with van der Waals surface area (Å²) in [5, 5.41) is 10.8. The van der Waals surface area contributed by atoms with Gasteiger partial charge in [0.25, 0.3) is 0 Å². The molecule has 26 heavy (non-hydrogen) atoms. The van der Waals surface area contributed by atoms with Gasteiger partial charge in [-0.2, -0.15) is 5.10 Å². The second kappa shape index (κ2) is 6.08. The van der Waals surface area contributed by atoms with Gasteiger partial charge in [0, 0.05) is 16.6 Å². The molecule has 0 aliphatic heterocycles. The Morgan fingerprint density at radius 3 is 2.38 bits per heavy atom. The van der Waals surface area contributed by atoms with Crippen molar-refractivity contribution < 1.29 is 8.42 Å². The van der Waals surface area contributed by atoms with E-state index in [0.717, 1.165) is 11.3 Å². The molecule has 0 fully saturated rings. The van der Waals surface area contributed by atoms with Gasteiger partial charge in [0.05, 0.1) is 15.2 Å². The first-order valence-corrected chi connectivity index (χ1v) is 9.58. The highest BCUT2D eigenvalue weighted by molar-refractivity contribution is 7.93. The van der Waals surface area contributed by atoms with E-state index in [-0.39, 0.29) is 10.4 Å². The summed E-state index contributed by atoms with van der Waals surface area (Å²) in [6.07, 6.45) is 1.40.